The molecule has 0 radical (unpaired) electrons. The third kappa shape index (κ3) is 6.80. The molecular formula is C28H43FN4O4. The van der Waals surface area contributed by atoms with Gasteiger partial charge in [0, 0.05) is 18.5 Å². The summed E-state index contributed by atoms with van der Waals surface area (Å²) in [4.78, 5) is 43.4. The highest BCUT2D eigenvalue weighted by Crippen LogP contribution is 2.36. The Hall–Kier alpha value is -2.68. The van der Waals surface area contributed by atoms with Crippen molar-refractivity contribution in [3.05, 3.63) is 35.6 Å². The lowest BCUT2D eigenvalue weighted by Gasteiger charge is -2.37. The van der Waals surface area contributed by atoms with E-state index in [1.807, 2.05) is 48.5 Å². The summed E-state index contributed by atoms with van der Waals surface area (Å²) in [6.07, 6.45) is 0.907. The van der Waals surface area contributed by atoms with Crippen LogP contribution >= 0.6 is 0 Å². The van der Waals surface area contributed by atoms with Gasteiger partial charge in [0.2, 0.25) is 11.8 Å². The number of fused-ring (bicyclic) bond motifs is 1. The first-order chi connectivity index (χ1) is 17.3. The quantitative estimate of drug-likeness (QED) is 0.549. The average Bonchev–Trinajstić information content (AvgIpc) is 3.41. The van der Waals surface area contributed by atoms with Crippen LogP contribution in [0.2, 0.25) is 0 Å². The first kappa shape index (κ1) is 28.9. The number of amides is 4. The summed E-state index contributed by atoms with van der Waals surface area (Å²) >= 11 is 0. The van der Waals surface area contributed by atoms with Crippen molar-refractivity contribution in [1.82, 2.24) is 20.4 Å². The summed E-state index contributed by atoms with van der Waals surface area (Å²) in [5, 5.41) is 5.97. The molecule has 0 unspecified atom stereocenters. The molecule has 4 amide bonds. The van der Waals surface area contributed by atoms with Crippen LogP contribution in [0.1, 0.15) is 66.9 Å². The first-order valence-electron chi connectivity index (χ1n) is 13.4. The Balaban J connectivity index is 1.85. The van der Waals surface area contributed by atoms with Crippen LogP contribution in [0.25, 0.3) is 0 Å². The Labute approximate surface area is 220 Å². The van der Waals surface area contributed by atoms with Crippen LogP contribution in [0.5, 0.6) is 0 Å². The predicted molar refractivity (Wildman–Crippen MR) is 140 cm³/mol. The number of urea groups is 1. The number of nitrogens with one attached hydrogen (secondary N) is 2. The zero-order valence-corrected chi connectivity index (χ0v) is 23.2. The van der Waals surface area contributed by atoms with Gasteiger partial charge in [0.25, 0.3) is 0 Å². The maximum Gasteiger partial charge on any atom is 0.318 e. The van der Waals surface area contributed by atoms with Crippen molar-refractivity contribution in [1.29, 1.82) is 0 Å². The minimum absolute atomic E-state index is 0.0229. The zero-order chi connectivity index (χ0) is 27.5. The fourth-order valence-corrected chi connectivity index (χ4v) is 5.06. The second-order valence-electron chi connectivity index (χ2n) is 11.7. The number of rotatable bonds is 8. The van der Waals surface area contributed by atoms with Gasteiger partial charge in [0.05, 0.1) is 31.3 Å². The fourth-order valence-electron chi connectivity index (χ4n) is 5.06. The standard InChI is InChI=1S/C28H43FN4O4/c1-8-18(4)25(34)31-24(28(5,6)7)26(35)32-14-13-21-23(32)22(15-33(21)27(36)30-17(2)3)37-16-19-9-11-20(29)12-10-19/h9-12,17-18,21-24H,8,13-16H2,1-7H3,(H,30,36)(H,31,34)/t18-,21-,22+,23+,24-/m1/s1. The van der Waals surface area contributed by atoms with Gasteiger partial charge in [-0.15, -0.1) is 0 Å². The van der Waals surface area contributed by atoms with Crippen LogP contribution < -0.4 is 10.6 Å². The Bertz CT molecular complexity index is 962. The summed E-state index contributed by atoms with van der Waals surface area (Å²) in [5.41, 5.74) is 0.308. The molecule has 0 aliphatic carbocycles. The van der Waals surface area contributed by atoms with Crippen molar-refractivity contribution in [3.8, 4) is 0 Å². The molecule has 5 atom stereocenters. The van der Waals surface area contributed by atoms with Crippen LogP contribution in [-0.2, 0) is 20.9 Å². The summed E-state index contributed by atoms with van der Waals surface area (Å²) in [7, 11) is 0. The van der Waals surface area contributed by atoms with E-state index in [9.17, 15) is 18.8 Å². The number of hydrogen-bond donors (Lipinski definition) is 2. The van der Waals surface area contributed by atoms with E-state index in [4.69, 9.17) is 4.74 Å². The van der Waals surface area contributed by atoms with Crippen LogP contribution in [0.15, 0.2) is 24.3 Å². The SMILES string of the molecule is CC[C@@H](C)C(=O)N[C@H](C(=O)N1CC[C@@H]2[C@H]1[C@@H](OCc1ccc(F)cc1)CN2C(=O)NC(C)C)C(C)(C)C. The molecule has 2 heterocycles. The van der Waals surface area contributed by atoms with E-state index in [2.05, 4.69) is 10.6 Å². The zero-order valence-electron chi connectivity index (χ0n) is 23.2. The van der Waals surface area contributed by atoms with Crippen molar-refractivity contribution in [3.63, 3.8) is 0 Å². The van der Waals surface area contributed by atoms with Gasteiger partial charge in [-0.25, -0.2) is 9.18 Å². The molecular weight excluding hydrogens is 475 g/mol. The molecule has 0 saturated carbocycles. The van der Waals surface area contributed by atoms with Gasteiger partial charge >= 0.3 is 6.03 Å². The molecule has 2 fully saturated rings. The van der Waals surface area contributed by atoms with Crippen molar-refractivity contribution in [2.24, 2.45) is 11.3 Å². The molecule has 206 valence electrons. The molecule has 1 aromatic rings. The maximum absolute atomic E-state index is 14.0. The second-order valence-corrected chi connectivity index (χ2v) is 11.7. The van der Waals surface area contributed by atoms with Gasteiger partial charge in [-0.1, -0.05) is 46.8 Å². The Morgan fingerprint density at radius 3 is 2.30 bits per heavy atom. The predicted octanol–water partition coefficient (Wildman–Crippen LogP) is 3.69. The van der Waals surface area contributed by atoms with Gasteiger partial charge in [-0.3, -0.25) is 9.59 Å². The molecule has 0 aromatic heterocycles. The van der Waals surface area contributed by atoms with Crippen LogP contribution in [0.4, 0.5) is 9.18 Å². The van der Waals surface area contributed by atoms with Crippen LogP contribution in [-0.4, -0.2) is 71.0 Å². The van der Waals surface area contributed by atoms with Crippen LogP contribution in [0, 0.1) is 17.2 Å². The highest BCUT2D eigenvalue weighted by atomic mass is 19.1. The summed E-state index contributed by atoms with van der Waals surface area (Å²) in [6, 6.07) is 4.68. The number of carbonyl (C=O) groups excluding carboxylic acids is 3. The van der Waals surface area contributed by atoms with Gasteiger partial charge in [0.1, 0.15) is 11.9 Å². The monoisotopic (exact) mass is 518 g/mol. The first-order valence-corrected chi connectivity index (χ1v) is 13.4. The smallest absolute Gasteiger partial charge is 0.318 e. The lowest BCUT2D eigenvalue weighted by molar-refractivity contribution is -0.143. The van der Waals surface area contributed by atoms with E-state index in [1.165, 1.54) is 12.1 Å². The van der Waals surface area contributed by atoms with Gasteiger partial charge in [-0.2, -0.15) is 0 Å². The Morgan fingerprint density at radius 2 is 1.73 bits per heavy atom. The van der Waals surface area contributed by atoms with Crippen molar-refractivity contribution in [2.75, 3.05) is 13.1 Å². The molecule has 37 heavy (non-hydrogen) atoms. The van der Waals surface area contributed by atoms with E-state index < -0.39 is 17.6 Å². The summed E-state index contributed by atoms with van der Waals surface area (Å²) in [5.74, 6) is -0.808. The van der Waals surface area contributed by atoms with E-state index in [0.29, 0.717) is 25.9 Å². The molecule has 2 saturated heterocycles. The molecule has 2 aliphatic rings. The summed E-state index contributed by atoms with van der Waals surface area (Å²) < 4.78 is 19.6. The minimum Gasteiger partial charge on any atom is -0.369 e. The Kier molecular flexibility index (Phi) is 9.21. The van der Waals surface area contributed by atoms with E-state index in [0.717, 1.165) is 5.56 Å². The fraction of sp³-hybridized carbons (Fsp3) is 0.679. The lowest BCUT2D eigenvalue weighted by Crippen LogP contribution is -2.58. The van der Waals surface area contributed by atoms with Crippen molar-refractivity contribution in [2.45, 2.75) is 98.2 Å². The minimum atomic E-state index is -0.705. The molecule has 9 heteroatoms. The summed E-state index contributed by atoms with van der Waals surface area (Å²) in [6.45, 7) is 14.5. The van der Waals surface area contributed by atoms with E-state index in [-0.39, 0.29) is 54.3 Å². The van der Waals surface area contributed by atoms with Crippen molar-refractivity contribution >= 4 is 17.8 Å². The molecule has 2 aliphatic heterocycles. The van der Waals surface area contributed by atoms with Gasteiger partial charge in [0.15, 0.2) is 0 Å². The number of carbonyl (C=O) groups is 3. The molecule has 0 bridgehead atoms. The normalized spacial score (nSPS) is 23.1. The molecule has 0 spiro atoms. The van der Waals surface area contributed by atoms with E-state index >= 15 is 0 Å². The Morgan fingerprint density at radius 1 is 1.08 bits per heavy atom. The largest absolute Gasteiger partial charge is 0.369 e. The number of nitrogens with zero attached hydrogens (tertiary/aromatic N) is 2. The molecule has 3 rings (SSSR count). The van der Waals surface area contributed by atoms with Crippen molar-refractivity contribution < 1.29 is 23.5 Å². The highest BCUT2D eigenvalue weighted by Gasteiger charge is 2.54. The van der Waals surface area contributed by atoms with Crippen LogP contribution in [0.3, 0.4) is 0 Å². The number of likely N-dealkylation sites (tertiary alicyclic amines) is 2. The van der Waals surface area contributed by atoms with Gasteiger partial charge < -0.3 is 25.2 Å². The number of benzene rings is 1. The number of halogens is 1. The lowest BCUT2D eigenvalue weighted by atomic mass is 9.85. The van der Waals surface area contributed by atoms with E-state index in [1.54, 1.807) is 21.9 Å². The second kappa shape index (κ2) is 11.8. The number of hydrogen-bond acceptors (Lipinski definition) is 4. The highest BCUT2D eigenvalue weighted by molar-refractivity contribution is 5.89. The number of ether oxygens (including phenoxy) is 1. The molecule has 1 aromatic carbocycles. The topological polar surface area (TPSA) is 91.0 Å². The third-order valence-corrected chi connectivity index (χ3v) is 7.37. The maximum atomic E-state index is 14.0. The van der Waals surface area contributed by atoms with Gasteiger partial charge in [-0.05, 0) is 49.8 Å². The molecule has 2 N–H and O–H groups in total. The molecule has 8 nitrogen and oxygen atoms in total. The third-order valence-electron chi connectivity index (χ3n) is 7.37. The average molecular weight is 519 g/mol.